The minimum Gasteiger partial charge on any atom is -0.387 e. The molecule has 12 heteroatoms. The number of rotatable bonds is 10. The molecule has 0 spiro atoms. The van der Waals surface area contributed by atoms with Gasteiger partial charge in [-0.1, -0.05) is 39.0 Å². The second kappa shape index (κ2) is 11.3. The number of hydrogen-bond acceptors (Lipinski definition) is 9. The van der Waals surface area contributed by atoms with Gasteiger partial charge in [-0.2, -0.15) is 0 Å². The van der Waals surface area contributed by atoms with E-state index in [0.29, 0.717) is 12.1 Å². The predicted molar refractivity (Wildman–Crippen MR) is 120 cm³/mol. The highest BCUT2D eigenvalue weighted by molar-refractivity contribution is 5.97. The van der Waals surface area contributed by atoms with E-state index >= 15 is 0 Å². The average Bonchev–Trinajstić information content (AvgIpc) is 3.35. The first-order valence-electron chi connectivity index (χ1n) is 11.4. The van der Waals surface area contributed by atoms with E-state index in [4.69, 9.17) is 10.5 Å². The molecule has 0 radical (unpaired) electrons. The standard InChI is InChI=1S/C21H33N7O5/c1-3-5-6-7-8-9-10-23-21(32)27(4-2)19(31)16-14(29)15(30)20(33-16)28-12-26-13-17(22)24-11-25-18(13)28/h11-12,14-16,20,29-30H,3-10H2,1-2H3,(H,23,32)(H2,22,24,25)/t14-,15+,16-,20+/m0/s1. The third kappa shape index (κ3) is 5.40. The van der Waals surface area contributed by atoms with Crippen molar-refractivity contribution < 1.29 is 24.5 Å². The van der Waals surface area contributed by atoms with Crippen molar-refractivity contribution in [3.05, 3.63) is 12.7 Å². The second-order valence-electron chi connectivity index (χ2n) is 8.09. The molecule has 1 saturated heterocycles. The van der Waals surface area contributed by atoms with Crippen molar-refractivity contribution in [3.8, 4) is 0 Å². The van der Waals surface area contributed by atoms with Crippen molar-refractivity contribution >= 4 is 28.9 Å². The molecule has 12 nitrogen and oxygen atoms in total. The lowest BCUT2D eigenvalue weighted by atomic mass is 10.1. The molecule has 182 valence electrons. The number of nitrogens with zero attached hydrogens (tertiary/aromatic N) is 5. The summed E-state index contributed by atoms with van der Waals surface area (Å²) in [5.41, 5.74) is 6.39. The molecule has 0 unspecified atom stereocenters. The first-order chi connectivity index (χ1) is 15.9. The van der Waals surface area contributed by atoms with Crippen molar-refractivity contribution in [3.63, 3.8) is 0 Å². The van der Waals surface area contributed by atoms with Crippen LogP contribution in [0.15, 0.2) is 12.7 Å². The topological polar surface area (TPSA) is 169 Å². The van der Waals surface area contributed by atoms with Gasteiger partial charge in [0.1, 0.15) is 24.1 Å². The van der Waals surface area contributed by atoms with Gasteiger partial charge in [0.15, 0.2) is 23.8 Å². The van der Waals surface area contributed by atoms with Crippen molar-refractivity contribution in [2.24, 2.45) is 0 Å². The van der Waals surface area contributed by atoms with Crippen LogP contribution in [0.2, 0.25) is 0 Å². The zero-order valence-electron chi connectivity index (χ0n) is 19.1. The van der Waals surface area contributed by atoms with E-state index in [2.05, 4.69) is 27.2 Å². The van der Waals surface area contributed by atoms with E-state index in [1.807, 2.05) is 0 Å². The van der Waals surface area contributed by atoms with E-state index in [0.717, 1.165) is 24.2 Å². The maximum Gasteiger partial charge on any atom is 0.324 e. The number of urea groups is 1. The fourth-order valence-electron chi connectivity index (χ4n) is 3.90. The van der Waals surface area contributed by atoms with E-state index in [-0.39, 0.29) is 18.0 Å². The quantitative estimate of drug-likeness (QED) is 0.375. The van der Waals surface area contributed by atoms with E-state index in [1.165, 1.54) is 36.5 Å². The number of likely N-dealkylation sites (N-methyl/N-ethyl adjacent to an activating group) is 1. The average molecular weight is 464 g/mol. The minimum atomic E-state index is -1.54. The van der Waals surface area contributed by atoms with Gasteiger partial charge < -0.3 is 26.0 Å². The number of fused-ring (bicyclic) bond motifs is 1. The summed E-state index contributed by atoms with van der Waals surface area (Å²) >= 11 is 0. The number of imide groups is 1. The smallest absolute Gasteiger partial charge is 0.324 e. The summed E-state index contributed by atoms with van der Waals surface area (Å²) in [5, 5.41) is 23.8. The van der Waals surface area contributed by atoms with E-state index < -0.39 is 36.5 Å². The van der Waals surface area contributed by atoms with Crippen LogP contribution in [0.5, 0.6) is 0 Å². The van der Waals surface area contributed by atoms with Crippen LogP contribution in [0, 0.1) is 0 Å². The lowest BCUT2D eigenvalue weighted by Crippen LogP contribution is -2.51. The Balaban J connectivity index is 1.62. The molecule has 3 heterocycles. The lowest BCUT2D eigenvalue weighted by molar-refractivity contribution is -0.145. The minimum absolute atomic E-state index is 0.0896. The van der Waals surface area contributed by atoms with E-state index in [9.17, 15) is 19.8 Å². The molecular formula is C21H33N7O5. The largest absolute Gasteiger partial charge is 0.387 e. The van der Waals surface area contributed by atoms with Crippen LogP contribution in [0.25, 0.3) is 11.2 Å². The van der Waals surface area contributed by atoms with Crippen molar-refractivity contribution in [1.29, 1.82) is 0 Å². The highest BCUT2D eigenvalue weighted by Crippen LogP contribution is 2.32. The molecule has 1 fully saturated rings. The Kier molecular flexibility index (Phi) is 8.53. The number of imidazole rings is 1. The highest BCUT2D eigenvalue weighted by Gasteiger charge is 2.49. The predicted octanol–water partition coefficient (Wildman–Crippen LogP) is 0.946. The molecule has 1 aliphatic rings. The number of nitrogens with one attached hydrogen (secondary N) is 1. The van der Waals surface area contributed by atoms with Crippen LogP contribution >= 0.6 is 0 Å². The number of amides is 3. The molecule has 1 aliphatic heterocycles. The van der Waals surface area contributed by atoms with Gasteiger partial charge in [-0.25, -0.2) is 19.7 Å². The van der Waals surface area contributed by atoms with Gasteiger partial charge in [-0.3, -0.25) is 14.3 Å². The molecule has 4 atom stereocenters. The van der Waals surface area contributed by atoms with Crippen LogP contribution in [-0.4, -0.2) is 78.0 Å². The zero-order chi connectivity index (χ0) is 24.0. The number of carbonyl (C=O) groups excluding carboxylic acids is 2. The Hall–Kier alpha value is -2.83. The summed E-state index contributed by atoms with van der Waals surface area (Å²) in [4.78, 5) is 38.6. The Morgan fingerprint density at radius 1 is 1.12 bits per heavy atom. The summed E-state index contributed by atoms with van der Waals surface area (Å²) in [6, 6.07) is -0.557. The first-order valence-corrected chi connectivity index (χ1v) is 11.4. The number of aromatic nitrogens is 4. The van der Waals surface area contributed by atoms with Crippen LogP contribution in [0.3, 0.4) is 0 Å². The van der Waals surface area contributed by atoms with Gasteiger partial charge in [0.05, 0.1) is 6.33 Å². The number of ether oxygens (including phenoxy) is 1. The van der Waals surface area contributed by atoms with Gasteiger partial charge in [-0.15, -0.1) is 0 Å². The molecular weight excluding hydrogens is 430 g/mol. The fraction of sp³-hybridized carbons (Fsp3) is 0.667. The highest BCUT2D eigenvalue weighted by atomic mass is 16.6. The molecule has 33 heavy (non-hydrogen) atoms. The summed E-state index contributed by atoms with van der Waals surface area (Å²) in [7, 11) is 0. The molecule has 0 bridgehead atoms. The number of carbonyl (C=O) groups is 2. The molecule has 3 rings (SSSR count). The SMILES string of the molecule is CCCCCCCCNC(=O)N(CC)C(=O)[C@H]1O[C@@H](n2cnc3c(N)ncnc32)[C@H](O)[C@@H]1O. The summed E-state index contributed by atoms with van der Waals surface area (Å²) in [6.07, 6.45) is 3.52. The number of unbranched alkanes of at least 4 members (excludes halogenated alkanes) is 5. The molecule has 2 aromatic rings. The monoisotopic (exact) mass is 463 g/mol. The maximum atomic E-state index is 13.0. The molecule has 0 aliphatic carbocycles. The molecule has 0 saturated carbocycles. The van der Waals surface area contributed by atoms with Crippen molar-refractivity contribution in [2.45, 2.75) is 76.9 Å². The Labute approximate surface area is 192 Å². The maximum absolute atomic E-state index is 13.0. The number of aliphatic hydroxyl groups excluding tert-OH is 2. The van der Waals surface area contributed by atoms with Gasteiger partial charge in [0, 0.05) is 13.1 Å². The van der Waals surface area contributed by atoms with Gasteiger partial charge >= 0.3 is 6.03 Å². The number of anilines is 1. The van der Waals surface area contributed by atoms with Crippen LogP contribution in [-0.2, 0) is 9.53 Å². The molecule has 3 amide bonds. The van der Waals surface area contributed by atoms with E-state index in [1.54, 1.807) is 6.92 Å². The third-order valence-corrected chi connectivity index (χ3v) is 5.78. The van der Waals surface area contributed by atoms with Crippen LogP contribution in [0.1, 0.15) is 58.6 Å². The molecule has 2 aromatic heterocycles. The number of aliphatic hydroxyl groups is 2. The summed E-state index contributed by atoms with van der Waals surface area (Å²) in [5.74, 6) is -0.579. The summed E-state index contributed by atoms with van der Waals surface area (Å²) in [6.45, 7) is 4.35. The lowest BCUT2D eigenvalue weighted by Gasteiger charge is -2.24. The normalized spacial score (nSPS) is 22.5. The van der Waals surface area contributed by atoms with Crippen molar-refractivity contribution in [2.75, 3.05) is 18.8 Å². The first kappa shape index (κ1) is 24.8. The Bertz CT molecular complexity index is 952. The Morgan fingerprint density at radius 2 is 1.85 bits per heavy atom. The van der Waals surface area contributed by atoms with Crippen molar-refractivity contribution in [1.82, 2.24) is 29.7 Å². The second-order valence-corrected chi connectivity index (χ2v) is 8.09. The number of hydrogen-bond donors (Lipinski definition) is 4. The number of nitrogens with two attached hydrogens (primary N) is 1. The van der Waals surface area contributed by atoms with Crippen LogP contribution < -0.4 is 11.1 Å². The number of nitrogen functional groups attached to an aromatic ring is 1. The third-order valence-electron chi connectivity index (χ3n) is 5.78. The summed E-state index contributed by atoms with van der Waals surface area (Å²) < 4.78 is 7.08. The van der Waals surface area contributed by atoms with Gasteiger partial charge in [0.25, 0.3) is 5.91 Å². The fourth-order valence-corrected chi connectivity index (χ4v) is 3.90. The zero-order valence-corrected chi connectivity index (χ0v) is 19.1. The van der Waals surface area contributed by atoms with Crippen LogP contribution in [0.4, 0.5) is 10.6 Å². The van der Waals surface area contributed by atoms with Gasteiger partial charge in [-0.05, 0) is 13.3 Å². The Morgan fingerprint density at radius 3 is 2.58 bits per heavy atom. The molecule has 5 N–H and O–H groups in total. The molecule has 0 aromatic carbocycles. The van der Waals surface area contributed by atoms with Gasteiger partial charge in [0.2, 0.25) is 0 Å².